The molecule has 1 aromatic carbocycles. The molecular weight excluding hydrogens is 310 g/mol. The molecule has 1 unspecified atom stereocenters. The number of nitrogens with zero attached hydrogens (tertiary/aromatic N) is 1. The van der Waals surface area contributed by atoms with Gasteiger partial charge in [0.05, 0.1) is 4.88 Å². The molecule has 0 saturated carbocycles. The number of carbonyl (C=O) groups excluding carboxylic acids is 1. The standard InChI is InChI=1S/C17H17N3O2S/c1-3-8-22-12-7-5-6-11(9-12)13-10-14(21)19-16-15(13)23-17(20-16)18-4-2/h1,5-7,9,13H,4,8,10H2,2H3,(H,18,20)(H,19,21). The Bertz CT molecular complexity index is 763. The van der Waals surface area contributed by atoms with Crippen molar-refractivity contribution >= 4 is 28.2 Å². The predicted octanol–water partition coefficient (Wildman–Crippen LogP) is 3.06. The highest BCUT2D eigenvalue weighted by Crippen LogP contribution is 2.42. The Kier molecular flexibility index (Phi) is 4.49. The van der Waals surface area contributed by atoms with Crippen molar-refractivity contribution in [1.82, 2.24) is 4.98 Å². The van der Waals surface area contributed by atoms with Crippen molar-refractivity contribution in [3.63, 3.8) is 0 Å². The zero-order valence-corrected chi connectivity index (χ0v) is 13.6. The van der Waals surface area contributed by atoms with E-state index >= 15 is 0 Å². The quantitative estimate of drug-likeness (QED) is 0.829. The minimum atomic E-state index is -0.0224. The third-order valence-electron chi connectivity index (χ3n) is 3.53. The Labute approximate surface area is 139 Å². The number of nitrogens with one attached hydrogen (secondary N) is 2. The number of fused-ring (bicyclic) bond motifs is 1. The summed E-state index contributed by atoms with van der Waals surface area (Å²) in [6, 6.07) is 7.72. The second-order valence-corrected chi connectivity index (χ2v) is 6.16. The molecule has 2 N–H and O–H groups in total. The number of amides is 1. The molecule has 5 nitrogen and oxygen atoms in total. The third-order valence-corrected chi connectivity index (χ3v) is 4.65. The van der Waals surface area contributed by atoms with Crippen LogP contribution < -0.4 is 15.4 Å². The van der Waals surface area contributed by atoms with Crippen LogP contribution in [0, 0.1) is 12.3 Å². The number of hydrogen-bond acceptors (Lipinski definition) is 5. The van der Waals surface area contributed by atoms with E-state index in [0.29, 0.717) is 18.0 Å². The first-order chi connectivity index (χ1) is 11.2. The van der Waals surface area contributed by atoms with E-state index in [0.717, 1.165) is 22.1 Å². The maximum atomic E-state index is 12.0. The van der Waals surface area contributed by atoms with Crippen LogP contribution in [0.25, 0.3) is 0 Å². The lowest BCUT2D eigenvalue weighted by Gasteiger charge is -2.22. The lowest BCUT2D eigenvalue weighted by molar-refractivity contribution is -0.116. The molecule has 1 aromatic heterocycles. The first-order valence-electron chi connectivity index (χ1n) is 7.42. The molecule has 2 heterocycles. The molecule has 1 aliphatic rings. The van der Waals surface area contributed by atoms with Crippen LogP contribution in [0.4, 0.5) is 10.9 Å². The largest absolute Gasteiger partial charge is 0.481 e. The summed E-state index contributed by atoms with van der Waals surface area (Å²) in [5.41, 5.74) is 1.03. The van der Waals surface area contributed by atoms with E-state index in [9.17, 15) is 4.79 Å². The summed E-state index contributed by atoms with van der Waals surface area (Å²) in [6.45, 7) is 3.04. The van der Waals surface area contributed by atoms with Crippen LogP contribution in [0.2, 0.25) is 0 Å². The molecular formula is C17H17N3O2S. The second-order valence-electron chi connectivity index (χ2n) is 5.13. The normalized spacial score (nSPS) is 16.2. The van der Waals surface area contributed by atoms with Crippen LogP contribution >= 0.6 is 11.3 Å². The van der Waals surface area contributed by atoms with Gasteiger partial charge < -0.3 is 15.4 Å². The third kappa shape index (κ3) is 3.30. The van der Waals surface area contributed by atoms with Gasteiger partial charge in [-0.1, -0.05) is 29.4 Å². The van der Waals surface area contributed by atoms with E-state index in [1.165, 1.54) is 0 Å². The summed E-state index contributed by atoms with van der Waals surface area (Å²) in [4.78, 5) is 17.5. The van der Waals surface area contributed by atoms with Crippen LogP contribution in [-0.2, 0) is 4.79 Å². The molecule has 6 heteroatoms. The SMILES string of the molecule is C#CCOc1cccc(C2CC(=O)Nc3nc(NCC)sc32)c1. The van der Waals surface area contributed by atoms with Crippen molar-refractivity contribution in [3.8, 4) is 18.1 Å². The molecule has 118 valence electrons. The highest BCUT2D eigenvalue weighted by Gasteiger charge is 2.30. The molecule has 0 spiro atoms. The molecule has 23 heavy (non-hydrogen) atoms. The van der Waals surface area contributed by atoms with Crippen molar-refractivity contribution in [2.24, 2.45) is 0 Å². The molecule has 0 saturated heterocycles. The number of rotatable bonds is 5. The van der Waals surface area contributed by atoms with Crippen LogP contribution in [0.1, 0.15) is 29.7 Å². The van der Waals surface area contributed by atoms with E-state index in [1.54, 1.807) is 11.3 Å². The first-order valence-corrected chi connectivity index (χ1v) is 8.23. The van der Waals surface area contributed by atoms with E-state index in [4.69, 9.17) is 11.2 Å². The van der Waals surface area contributed by atoms with E-state index in [-0.39, 0.29) is 18.4 Å². The lowest BCUT2D eigenvalue weighted by atomic mass is 9.91. The molecule has 0 fully saturated rings. The highest BCUT2D eigenvalue weighted by atomic mass is 32.1. The minimum Gasteiger partial charge on any atom is -0.481 e. The summed E-state index contributed by atoms with van der Waals surface area (Å²) in [5, 5.41) is 6.87. The number of carbonyl (C=O) groups is 1. The van der Waals surface area contributed by atoms with Crippen LogP contribution in [-0.4, -0.2) is 24.0 Å². The predicted molar refractivity (Wildman–Crippen MR) is 92.1 cm³/mol. The molecule has 0 bridgehead atoms. The average molecular weight is 327 g/mol. The smallest absolute Gasteiger partial charge is 0.226 e. The van der Waals surface area contributed by atoms with Gasteiger partial charge in [0.2, 0.25) is 5.91 Å². The summed E-state index contributed by atoms with van der Waals surface area (Å²) >= 11 is 1.58. The van der Waals surface area contributed by atoms with Gasteiger partial charge in [0.25, 0.3) is 0 Å². The van der Waals surface area contributed by atoms with Gasteiger partial charge in [-0.05, 0) is 24.6 Å². The van der Waals surface area contributed by atoms with Crippen LogP contribution in [0.15, 0.2) is 24.3 Å². The molecule has 0 radical (unpaired) electrons. The lowest BCUT2D eigenvalue weighted by Crippen LogP contribution is -2.22. The van der Waals surface area contributed by atoms with Crippen molar-refractivity contribution in [2.75, 3.05) is 23.8 Å². The summed E-state index contributed by atoms with van der Waals surface area (Å²) in [5.74, 6) is 3.78. The fourth-order valence-corrected chi connectivity index (χ4v) is 3.68. The number of terminal acetylenes is 1. The number of ether oxygens (including phenoxy) is 1. The van der Waals surface area contributed by atoms with Gasteiger partial charge in [0, 0.05) is 18.9 Å². The minimum absolute atomic E-state index is 0.0157. The Morgan fingerprint density at radius 2 is 2.43 bits per heavy atom. The Morgan fingerprint density at radius 1 is 1.57 bits per heavy atom. The summed E-state index contributed by atoms with van der Waals surface area (Å²) in [6.07, 6.45) is 5.63. The van der Waals surface area contributed by atoms with E-state index in [1.807, 2.05) is 31.2 Å². The van der Waals surface area contributed by atoms with Gasteiger partial charge >= 0.3 is 0 Å². The summed E-state index contributed by atoms with van der Waals surface area (Å²) < 4.78 is 5.48. The van der Waals surface area contributed by atoms with Gasteiger partial charge in [-0.15, -0.1) is 6.42 Å². The van der Waals surface area contributed by atoms with Gasteiger partial charge in [0.1, 0.15) is 18.2 Å². The van der Waals surface area contributed by atoms with Gasteiger partial charge in [-0.2, -0.15) is 0 Å². The molecule has 1 atom stereocenters. The number of thiazole rings is 1. The number of hydrogen-bond donors (Lipinski definition) is 2. The Hall–Kier alpha value is -2.52. The monoisotopic (exact) mass is 327 g/mol. The Morgan fingerprint density at radius 3 is 3.22 bits per heavy atom. The molecule has 2 aromatic rings. The van der Waals surface area contributed by atoms with Gasteiger partial charge in [-0.25, -0.2) is 4.98 Å². The number of benzene rings is 1. The number of aromatic nitrogens is 1. The molecule has 1 amide bonds. The van der Waals surface area contributed by atoms with Crippen molar-refractivity contribution in [3.05, 3.63) is 34.7 Å². The topological polar surface area (TPSA) is 63.2 Å². The number of anilines is 2. The van der Waals surface area contributed by atoms with Crippen molar-refractivity contribution < 1.29 is 9.53 Å². The fourth-order valence-electron chi connectivity index (χ4n) is 2.56. The maximum Gasteiger partial charge on any atom is 0.226 e. The zero-order chi connectivity index (χ0) is 16.2. The van der Waals surface area contributed by atoms with E-state index < -0.39 is 0 Å². The van der Waals surface area contributed by atoms with Crippen molar-refractivity contribution in [2.45, 2.75) is 19.3 Å². The van der Waals surface area contributed by atoms with Gasteiger partial charge in [0.15, 0.2) is 5.13 Å². The zero-order valence-electron chi connectivity index (χ0n) is 12.8. The first kappa shape index (κ1) is 15.4. The van der Waals surface area contributed by atoms with Crippen LogP contribution in [0.5, 0.6) is 5.75 Å². The molecule has 1 aliphatic heterocycles. The van der Waals surface area contributed by atoms with Crippen molar-refractivity contribution in [1.29, 1.82) is 0 Å². The van der Waals surface area contributed by atoms with E-state index in [2.05, 4.69) is 21.5 Å². The Balaban J connectivity index is 1.94. The summed E-state index contributed by atoms with van der Waals surface area (Å²) in [7, 11) is 0. The average Bonchev–Trinajstić information content (AvgIpc) is 2.95. The fraction of sp³-hybridized carbons (Fsp3) is 0.294. The highest BCUT2D eigenvalue weighted by molar-refractivity contribution is 7.16. The molecule has 0 aliphatic carbocycles. The maximum absolute atomic E-state index is 12.0. The molecule has 3 rings (SSSR count). The second kappa shape index (κ2) is 6.71. The van der Waals surface area contributed by atoms with Gasteiger partial charge in [-0.3, -0.25) is 4.79 Å². The van der Waals surface area contributed by atoms with Crippen LogP contribution in [0.3, 0.4) is 0 Å².